The Morgan fingerprint density at radius 1 is 1.06 bits per heavy atom. The van der Waals surface area contributed by atoms with Crippen LogP contribution in [0.4, 0.5) is 17.2 Å². The van der Waals surface area contributed by atoms with Crippen LogP contribution in [0.2, 0.25) is 0 Å². The molecule has 0 aliphatic heterocycles. The molecule has 5 aromatic rings. The monoisotopic (exact) mass is 479 g/mol. The van der Waals surface area contributed by atoms with Crippen LogP contribution in [0.1, 0.15) is 27.0 Å². The first-order valence-corrected chi connectivity index (χ1v) is 11.1. The van der Waals surface area contributed by atoms with Crippen molar-refractivity contribution in [2.24, 2.45) is 5.10 Å². The lowest BCUT2D eigenvalue weighted by atomic mass is 10.1. The third-order valence-corrected chi connectivity index (χ3v) is 5.75. The lowest BCUT2D eigenvalue weighted by Crippen LogP contribution is -2.15. The zero-order chi connectivity index (χ0) is 25.4. The quantitative estimate of drug-likeness (QED) is 0.210. The predicted octanol–water partition coefficient (Wildman–Crippen LogP) is 4.83. The molecule has 2 heterocycles. The second-order valence-corrected chi connectivity index (χ2v) is 8.33. The number of nitro benzene ring substituents is 1. The maximum atomic E-state index is 13.5. The van der Waals surface area contributed by atoms with Gasteiger partial charge in [-0.1, -0.05) is 36.4 Å². The maximum Gasteiger partial charge on any atom is 0.270 e. The molecule has 5 rings (SSSR count). The van der Waals surface area contributed by atoms with Crippen molar-refractivity contribution in [1.82, 2.24) is 14.6 Å². The second kappa shape index (κ2) is 8.91. The molecule has 3 aromatic carbocycles. The minimum atomic E-state index is -0.482. The van der Waals surface area contributed by atoms with E-state index in [4.69, 9.17) is 5.73 Å². The van der Waals surface area contributed by atoms with Gasteiger partial charge in [0.1, 0.15) is 16.9 Å². The van der Waals surface area contributed by atoms with Gasteiger partial charge >= 0.3 is 0 Å². The number of aryl methyl sites for hydroxylation is 2. The van der Waals surface area contributed by atoms with E-state index in [9.17, 15) is 14.9 Å². The number of rotatable bonds is 5. The van der Waals surface area contributed by atoms with Crippen LogP contribution in [0.3, 0.4) is 0 Å². The molecule has 0 fully saturated rings. The number of fused-ring (bicyclic) bond motifs is 2. The predicted molar refractivity (Wildman–Crippen MR) is 139 cm³/mol. The number of benzene rings is 3. The first-order chi connectivity index (χ1) is 17.3. The van der Waals surface area contributed by atoms with Crippen molar-refractivity contribution in [3.05, 3.63) is 99.1 Å². The van der Waals surface area contributed by atoms with Gasteiger partial charge in [-0.15, -0.1) is 0 Å². The van der Waals surface area contributed by atoms with Crippen molar-refractivity contribution in [1.29, 1.82) is 0 Å². The number of nitrogens with zero attached hydrogens (tertiary/aromatic N) is 5. The van der Waals surface area contributed by atoms with Crippen LogP contribution in [-0.4, -0.2) is 31.7 Å². The van der Waals surface area contributed by atoms with Crippen molar-refractivity contribution in [3.8, 4) is 0 Å². The van der Waals surface area contributed by atoms with E-state index in [1.807, 2.05) is 44.2 Å². The summed E-state index contributed by atoms with van der Waals surface area (Å²) in [4.78, 5) is 33.4. The number of carbonyl (C=O) groups excluding carboxylic acids is 1. The number of non-ortho nitro benzene ring substituents is 1. The number of hydrogen-bond acceptors (Lipinski definition) is 7. The number of hydrogen-bond donors (Lipinski definition) is 2. The summed E-state index contributed by atoms with van der Waals surface area (Å²) in [6.45, 7) is 3.84. The summed E-state index contributed by atoms with van der Waals surface area (Å²) < 4.78 is 1.33. The van der Waals surface area contributed by atoms with E-state index in [2.05, 4.69) is 20.4 Å². The summed E-state index contributed by atoms with van der Waals surface area (Å²) in [6, 6.07) is 19.1. The normalized spacial score (nSPS) is 11.4. The molecular weight excluding hydrogens is 458 g/mol. The van der Waals surface area contributed by atoms with Gasteiger partial charge in [0.15, 0.2) is 5.65 Å². The summed E-state index contributed by atoms with van der Waals surface area (Å²) in [7, 11) is 0. The number of para-hydroxylation sites is 2. The number of carbonyl (C=O) groups is 1. The van der Waals surface area contributed by atoms with Crippen LogP contribution in [0.15, 0.2) is 71.8 Å². The molecule has 0 radical (unpaired) electrons. The van der Waals surface area contributed by atoms with Crippen molar-refractivity contribution >= 4 is 51.5 Å². The third-order valence-electron chi connectivity index (χ3n) is 5.75. The van der Waals surface area contributed by atoms with Gasteiger partial charge in [0.2, 0.25) is 0 Å². The molecule has 0 aliphatic carbocycles. The average molecular weight is 480 g/mol. The van der Waals surface area contributed by atoms with Crippen molar-refractivity contribution in [3.63, 3.8) is 0 Å². The van der Waals surface area contributed by atoms with Gasteiger partial charge in [0, 0.05) is 23.4 Å². The molecule has 0 saturated heterocycles. The Labute approximate surface area is 205 Å². The summed E-state index contributed by atoms with van der Waals surface area (Å²) in [5.74, 6) is -0.398. The number of nitrogens with two attached hydrogens (primary N) is 1. The Balaban J connectivity index is 1.66. The van der Waals surface area contributed by atoms with Crippen molar-refractivity contribution in [2.75, 3.05) is 11.1 Å². The highest BCUT2D eigenvalue weighted by atomic mass is 16.6. The van der Waals surface area contributed by atoms with E-state index in [-0.39, 0.29) is 17.1 Å². The zero-order valence-electron chi connectivity index (χ0n) is 19.5. The number of nitrogen functional groups attached to an aromatic ring is 1. The van der Waals surface area contributed by atoms with Gasteiger partial charge in [0.25, 0.3) is 11.6 Å². The molecule has 10 heteroatoms. The summed E-state index contributed by atoms with van der Waals surface area (Å²) >= 11 is 0. The molecule has 0 atom stereocenters. The van der Waals surface area contributed by atoms with Gasteiger partial charge in [-0.05, 0) is 43.2 Å². The summed E-state index contributed by atoms with van der Waals surface area (Å²) in [5, 5.41) is 18.5. The minimum absolute atomic E-state index is 0.0461. The van der Waals surface area contributed by atoms with E-state index >= 15 is 0 Å². The first kappa shape index (κ1) is 22.7. The summed E-state index contributed by atoms with van der Waals surface area (Å²) in [5.41, 5.74) is 11.4. The van der Waals surface area contributed by atoms with E-state index in [1.165, 1.54) is 23.0 Å². The average Bonchev–Trinajstić information content (AvgIpc) is 3.13. The second-order valence-electron chi connectivity index (χ2n) is 8.33. The zero-order valence-corrected chi connectivity index (χ0v) is 19.5. The number of nitrogens with one attached hydrogen (secondary N) is 1. The Hall–Kier alpha value is -5.12. The highest BCUT2D eigenvalue weighted by Gasteiger charge is 2.24. The molecule has 0 spiro atoms. The van der Waals surface area contributed by atoms with Gasteiger partial charge in [0.05, 0.1) is 22.2 Å². The Morgan fingerprint density at radius 3 is 2.56 bits per heavy atom. The van der Waals surface area contributed by atoms with Gasteiger partial charge < -0.3 is 11.1 Å². The molecule has 3 N–H and O–H groups in total. The van der Waals surface area contributed by atoms with Gasteiger partial charge in [-0.25, -0.2) is 9.97 Å². The molecular formula is C26H21N7O3. The first-order valence-electron chi connectivity index (χ1n) is 11.1. The smallest absolute Gasteiger partial charge is 0.270 e. The fourth-order valence-corrected chi connectivity index (χ4v) is 3.89. The largest absolute Gasteiger partial charge is 0.383 e. The Bertz CT molecular complexity index is 1710. The fourth-order valence-electron chi connectivity index (χ4n) is 3.89. The number of anilines is 2. The highest BCUT2D eigenvalue weighted by Crippen LogP contribution is 2.29. The Kier molecular flexibility index (Phi) is 5.61. The standard InChI is InChI=1S/C26H21N7O3/c1-15-10-11-16(2)21(12-15)31-26(34)22-23-25(30-20-9-4-3-8-19(20)29-23)32(24(22)27)28-14-17-6-5-7-18(13-17)33(35)36/h3-14H,27H2,1-2H3,(H,31,34)/b28-14-. The molecule has 0 bridgehead atoms. The van der Waals surface area contributed by atoms with E-state index in [0.29, 0.717) is 33.4 Å². The fraction of sp³-hybridized carbons (Fsp3) is 0.0769. The number of aromatic nitrogens is 3. The SMILES string of the molecule is Cc1ccc(C)c(NC(=O)c2c(N)n(/N=C\c3cccc([N+](=O)[O-])c3)c3nc4ccccc4nc23)c1. The van der Waals surface area contributed by atoms with Crippen LogP contribution >= 0.6 is 0 Å². The number of nitro groups is 1. The molecule has 2 aromatic heterocycles. The molecule has 10 nitrogen and oxygen atoms in total. The van der Waals surface area contributed by atoms with Crippen molar-refractivity contribution in [2.45, 2.75) is 13.8 Å². The molecule has 0 saturated carbocycles. The highest BCUT2D eigenvalue weighted by molar-refractivity contribution is 6.16. The summed E-state index contributed by atoms with van der Waals surface area (Å²) in [6.07, 6.45) is 1.42. The van der Waals surface area contributed by atoms with E-state index in [0.717, 1.165) is 11.1 Å². The lowest BCUT2D eigenvalue weighted by Gasteiger charge is -2.09. The van der Waals surface area contributed by atoms with Crippen LogP contribution in [0.5, 0.6) is 0 Å². The van der Waals surface area contributed by atoms with Crippen LogP contribution in [0, 0.1) is 24.0 Å². The van der Waals surface area contributed by atoms with E-state index < -0.39 is 10.8 Å². The molecule has 0 unspecified atom stereocenters. The third kappa shape index (κ3) is 4.11. The maximum absolute atomic E-state index is 13.5. The van der Waals surface area contributed by atoms with Crippen LogP contribution in [-0.2, 0) is 0 Å². The van der Waals surface area contributed by atoms with Crippen LogP contribution < -0.4 is 11.1 Å². The van der Waals surface area contributed by atoms with Crippen molar-refractivity contribution < 1.29 is 9.72 Å². The van der Waals surface area contributed by atoms with Gasteiger partial charge in [-0.2, -0.15) is 9.78 Å². The molecule has 0 aliphatic rings. The lowest BCUT2D eigenvalue weighted by molar-refractivity contribution is -0.384. The minimum Gasteiger partial charge on any atom is -0.383 e. The van der Waals surface area contributed by atoms with E-state index in [1.54, 1.807) is 24.3 Å². The topological polar surface area (TPSA) is 141 Å². The molecule has 178 valence electrons. The Morgan fingerprint density at radius 2 is 1.81 bits per heavy atom. The van der Waals surface area contributed by atoms with Gasteiger partial charge in [-0.3, -0.25) is 14.9 Å². The number of amides is 1. The molecule has 1 amide bonds. The molecule has 36 heavy (non-hydrogen) atoms. The van der Waals surface area contributed by atoms with Crippen LogP contribution in [0.25, 0.3) is 22.2 Å².